The third-order valence-electron chi connectivity index (χ3n) is 3.28. The van der Waals surface area contributed by atoms with Gasteiger partial charge in [-0.3, -0.25) is 4.79 Å². The number of carbonyl (C=O) groups excluding carboxylic acids is 1. The first kappa shape index (κ1) is 15.7. The highest BCUT2D eigenvalue weighted by atomic mass is 79.9. The van der Waals surface area contributed by atoms with Crippen molar-refractivity contribution in [3.63, 3.8) is 0 Å². The minimum absolute atomic E-state index is 0.156. The average Bonchev–Trinajstić information content (AvgIpc) is 2.43. The topological polar surface area (TPSA) is 55.1 Å². The van der Waals surface area contributed by atoms with Crippen molar-refractivity contribution in [3.8, 4) is 0 Å². The Hall–Kier alpha value is -1.72. The second-order valence-corrected chi connectivity index (χ2v) is 6.05. The summed E-state index contributed by atoms with van der Waals surface area (Å²) < 4.78 is 0.906. The van der Waals surface area contributed by atoms with Crippen LogP contribution < -0.4 is 11.1 Å². The lowest BCUT2D eigenvalue weighted by molar-refractivity contribution is 0.102. The van der Waals surface area contributed by atoms with Gasteiger partial charge in [-0.25, -0.2) is 0 Å². The third-order valence-corrected chi connectivity index (χ3v) is 4.38. The van der Waals surface area contributed by atoms with E-state index in [1.165, 1.54) is 0 Å². The molecule has 0 aromatic heterocycles. The van der Waals surface area contributed by atoms with Gasteiger partial charge in [-0.2, -0.15) is 0 Å². The van der Waals surface area contributed by atoms with Gasteiger partial charge in [0, 0.05) is 21.3 Å². The Kier molecular flexibility index (Phi) is 4.75. The van der Waals surface area contributed by atoms with Crippen LogP contribution in [-0.2, 0) is 0 Å². The van der Waals surface area contributed by atoms with E-state index in [9.17, 15) is 4.79 Å². The normalized spacial score (nSPS) is 10.2. The van der Waals surface area contributed by atoms with Gasteiger partial charge in [0.15, 0.2) is 0 Å². The molecule has 1 amide bonds. The monoisotopic (exact) mass is 362 g/mol. The number of hydrogen-bond acceptors (Lipinski definition) is 2. The highest BCUT2D eigenvalue weighted by Crippen LogP contribution is 2.22. The number of anilines is 1. The molecule has 0 aliphatic carbocycles. The lowest BCUT2D eigenvalue weighted by Crippen LogP contribution is -2.16. The van der Waals surface area contributed by atoms with Crippen molar-refractivity contribution in [1.29, 1.82) is 0 Å². The van der Waals surface area contributed by atoms with Crippen LogP contribution in [0.25, 0.3) is 0 Å². The van der Waals surface area contributed by atoms with Gasteiger partial charge < -0.3 is 11.1 Å². The molecular weight excluding hydrogens is 348 g/mol. The largest absolute Gasteiger partial charge is 0.389 e. The Morgan fingerprint density at radius 2 is 1.95 bits per heavy atom. The lowest BCUT2D eigenvalue weighted by Gasteiger charge is -2.12. The molecule has 5 heteroatoms. The lowest BCUT2D eigenvalue weighted by atomic mass is 10.1. The Morgan fingerprint density at radius 1 is 1.24 bits per heavy atom. The Labute approximate surface area is 137 Å². The van der Waals surface area contributed by atoms with Crippen LogP contribution >= 0.6 is 28.1 Å². The molecule has 0 heterocycles. The van der Waals surface area contributed by atoms with Crippen molar-refractivity contribution >= 4 is 44.7 Å². The van der Waals surface area contributed by atoms with Gasteiger partial charge in [-0.05, 0) is 43.2 Å². The van der Waals surface area contributed by atoms with E-state index < -0.39 is 0 Å². The van der Waals surface area contributed by atoms with E-state index in [0.717, 1.165) is 21.2 Å². The maximum Gasteiger partial charge on any atom is 0.255 e. The summed E-state index contributed by atoms with van der Waals surface area (Å²) in [5, 5.41) is 2.91. The second-order valence-electron chi connectivity index (χ2n) is 4.76. The summed E-state index contributed by atoms with van der Waals surface area (Å²) in [6.07, 6.45) is 0. The predicted octanol–water partition coefficient (Wildman–Crippen LogP) is 3.95. The number of hydrogen-bond donors (Lipinski definition) is 2. The fraction of sp³-hybridized carbons (Fsp3) is 0.125. The molecule has 0 radical (unpaired) electrons. The molecule has 0 spiro atoms. The standard InChI is InChI=1S/C16H15BrN2OS/c1-9-6-7-11(15(18)21)8-14(9)19-16(20)12-4-3-5-13(17)10(12)2/h3-8H,1-2H3,(H2,18,21)(H,19,20). The summed E-state index contributed by atoms with van der Waals surface area (Å²) in [6.45, 7) is 3.82. The van der Waals surface area contributed by atoms with E-state index in [2.05, 4.69) is 21.2 Å². The van der Waals surface area contributed by atoms with Crippen molar-refractivity contribution in [2.45, 2.75) is 13.8 Å². The number of rotatable bonds is 3. The van der Waals surface area contributed by atoms with E-state index >= 15 is 0 Å². The fourth-order valence-electron chi connectivity index (χ4n) is 1.95. The van der Waals surface area contributed by atoms with E-state index in [4.69, 9.17) is 18.0 Å². The molecule has 0 aliphatic rings. The van der Waals surface area contributed by atoms with Crippen LogP contribution in [0.4, 0.5) is 5.69 Å². The molecule has 2 aromatic rings. The molecule has 2 aromatic carbocycles. The number of thiocarbonyl (C=S) groups is 1. The Bertz CT molecular complexity index is 728. The molecule has 0 saturated heterocycles. The quantitative estimate of drug-likeness (QED) is 0.812. The molecule has 0 unspecified atom stereocenters. The van der Waals surface area contributed by atoms with Gasteiger partial charge in [0.25, 0.3) is 5.91 Å². The smallest absolute Gasteiger partial charge is 0.255 e. The molecule has 0 aliphatic heterocycles. The zero-order chi connectivity index (χ0) is 15.6. The summed E-state index contributed by atoms with van der Waals surface area (Å²) in [7, 11) is 0. The fourth-order valence-corrected chi connectivity index (χ4v) is 2.45. The highest BCUT2D eigenvalue weighted by molar-refractivity contribution is 9.10. The van der Waals surface area contributed by atoms with E-state index in [1.54, 1.807) is 12.1 Å². The molecule has 0 saturated carbocycles. The number of nitrogens with one attached hydrogen (secondary N) is 1. The zero-order valence-electron chi connectivity index (χ0n) is 11.7. The third kappa shape index (κ3) is 3.49. The van der Waals surface area contributed by atoms with Crippen LogP contribution in [0.3, 0.4) is 0 Å². The SMILES string of the molecule is Cc1ccc(C(N)=S)cc1NC(=O)c1cccc(Br)c1C. The van der Waals surface area contributed by atoms with Crippen molar-refractivity contribution in [2.24, 2.45) is 5.73 Å². The molecule has 3 N–H and O–H groups in total. The molecule has 0 bridgehead atoms. The molecule has 0 atom stereocenters. The summed E-state index contributed by atoms with van der Waals surface area (Å²) in [5.41, 5.74) is 9.56. The van der Waals surface area contributed by atoms with Gasteiger partial charge >= 0.3 is 0 Å². The number of nitrogens with two attached hydrogens (primary N) is 1. The molecule has 3 nitrogen and oxygen atoms in total. The predicted molar refractivity (Wildman–Crippen MR) is 93.9 cm³/mol. The van der Waals surface area contributed by atoms with Crippen LogP contribution in [0, 0.1) is 13.8 Å². The average molecular weight is 363 g/mol. The van der Waals surface area contributed by atoms with Crippen molar-refractivity contribution in [2.75, 3.05) is 5.32 Å². The van der Waals surface area contributed by atoms with Crippen molar-refractivity contribution < 1.29 is 4.79 Å². The summed E-state index contributed by atoms with van der Waals surface area (Å²) >= 11 is 8.40. The van der Waals surface area contributed by atoms with E-state index in [-0.39, 0.29) is 5.91 Å². The molecule has 21 heavy (non-hydrogen) atoms. The molecule has 0 fully saturated rings. The minimum atomic E-state index is -0.156. The minimum Gasteiger partial charge on any atom is -0.389 e. The molecule has 108 valence electrons. The summed E-state index contributed by atoms with van der Waals surface area (Å²) in [4.78, 5) is 12.7. The van der Waals surface area contributed by atoms with Crippen LogP contribution in [0.2, 0.25) is 0 Å². The molecule has 2 rings (SSSR count). The molecular formula is C16H15BrN2OS. The van der Waals surface area contributed by atoms with Gasteiger partial charge in [0.2, 0.25) is 0 Å². The van der Waals surface area contributed by atoms with Crippen LogP contribution in [0.15, 0.2) is 40.9 Å². The maximum atomic E-state index is 12.4. The van der Waals surface area contributed by atoms with Crippen LogP contribution in [0.5, 0.6) is 0 Å². The van der Waals surface area contributed by atoms with Crippen molar-refractivity contribution in [1.82, 2.24) is 0 Å². The highest BCUT2D eigenvalue weighted by Gasteiger charge is 2.12. The van der Waals surface area contributed by atoms with Gasteiger partial charge in [0.05, 0.1) is 0 Å². The number of carbonyl (C=O) groups is 1. The second kappa shape index (κ2) is 6.37. The first-order valence-electron chi connectivity index (χ1n) is 6.37. The zero-order valence-corrected chi connectivity index (χ0v) is 14.1. The van der Waals surface area contributed by atoms with Gasteiger partial charge in [-0.1, -0.05) is 46.3 Å². The number of aryl methyl sites for hydroxylation is 1. The van der Waals surface area contributed by atoms with Crippen LogP contribution in [-0.4, -0.2) is 10.9 Å². The van der Waals surface area contributed by atoms with Crippen LogP contribution in [0.1, 0.15) is 27.0 Å². The van der Waals surface area contributed by atoms with E-state index in [1.807, 2.05) is 38.1 Å². The number of amides is 1. The number of benzene rings is 2. The Balaban J connectivity index is 2.33. The van der Waals surface area contributed by atoms with Gasteiger partial charge in [-0.15, -0.1) is 0 Å². The van der Waals surface area contributed by atoms with Gasteiger partial charge in [0.1, 0.15) is 4.99 Å². The first-order chi connectivity index (χ1) is 9.90. The van der Waals surface area contributed by atoms with E-state index in [0.29, 0.717) is 16.2 Å². The van der Waals surface area contributed by atoms with Crippen molar-refractivity contribution in [3.05, 3.63) is 63.1 Å². The first-order valence-corrected chi connectivity index (χ1v) is 7.57. The maximum absolute atomic E-state index is 12.4. The number of halogens is 1. The summed E-state index contributed by atoms with van der Waals surface area (Å²) in [5.74, 6) is -0.156. The Morgan fingerprint density at radius 3 is 2.62 bits per heavy atom. The summed E-state index contributed by atoms with van der Waals surface area (Å²) in [6, 6.07) is 11.1.